The van der Waals surface area contributed by atoms with E-state index < -0.39 is 0 Å². The van der Waals surface area contributed by atoms with Crippen molar-refractivity contribution in [1.82, 2.24) is 14.9 Å². The number of halogens is 1. The number of carbonyl (C=O) groups is 1. The summed E-state index contributed by atoms with van der Waals surface area (Å²) >= 11 is 6.04. The Morgan fingerprint density at radius 1 is 1.28 bits per heavy atom. The minimum absolute atomic E-state index is 0.523. The number of amides is 1. The van der Waals surface area contributed by atoms with Crippen LogP contribution in [0.4, 0.5) is 0 Å². The van der Waals surface area contributed by atoms with Gasteiger partial charge in [0.05, 0.1) is 17.6 Å². The van der Waals surface area contributed by atoms with Gasteiger partial charge in [0.25, 0.3) is 0 Å². The summed E-state index contributed by atoms with van der Waals surface area (Å²) in [7, 11) is 0. The summed E-state index contributed by atoms with van der Waals surface area (Å²) in [4.78, 5) is 15.1. The smallest absolute Gasteiger partial charge is 0.207 e. The predicted molar refractivity (Wildman–Crippen MR) is 99.2 cm³/mol. The Bertz CT molecular complexity index is 876. The van der Waals surface area contributed by atoms with E-state index in [4.69, 9.17) is 16.3 Å². The average Bonchev–Trinajstić information content (AvgIpc) is 2.96. The molecule has 3 rings (SSSR count). The molecule has 0 spiro atoms. The summed E-state index contributed by atoms with van der Waals surface area (Å²) in [5.41, 5.74) is 3.01. The van der Waals surface area contributed by atoms with E-state index in [2.05, 4.69) is 14.9 Å². The van der Waals surface area contributed by atoms with Crippen molar-refractivity contribution >= 4 is 29.0 Å². The summed E-state index contributed by atoms with van der Waals surface area (Å²) in [6.45, 7) is 3.72. The number of benzene rings is 2. The largest absolute Gasteiger partial charge is 0.492 e. The molecule has 0 unspecified atom stereocenters. The van der Waals surface area contributed by atoms with E-state index in [0.717, 1.165) is 33.2 Å². The fraction of sp³-hybridized carbons (Fsp3) is 0.263. The second kappa shape index (κ2) is 8.03. The van der Waals surface area contributed by atoms with Crippen molar-refractivity contribution in [1.29, 1.82) is 0 Å². The zero-order valence-electron chi connectivity index (χ0n) is 14.0. The molecule has 0 aliphatic carbocycles. The maximum absolute atomic E-state index is 10.5. The number of nitrogens with one attached hydrogen (secondary N) is 1. The van der Waals surface area contributed by atoms with E-state index in [0.29, 0.717) is 32.5 Å². The molecule has 130 valence electrons. The Morgan fingerprint density at radius 2 is 2.12 bits per heavy atom. The molecule has 0 atom stereocenters. The minimum atomic E-state index is 0.523. The lowest BCUT2D eigenvalue weighted by molar-refractivity contribution is -0.109. The van der Waals surface area contributed by atoms with Gasteiger partial charge in [0.1, 0.15) is 18.2 Å². The lowest BCUT2D eigenvalue weighted by Gasteiger charge is -2.11. The van der Waals surface area contributed by atoms with Crippen molar-refractivity contribution in [3.05, 3.63) is 58.9 Å². The highest BCUT2D eigenvalue weighted by atomic mass is 35.5. The summed E-state index contributed by atoms with van der Waals surface area (Å²) in [6, 6.07) is 13.7. The quantitative estimate of drug-likeness (QED) is 0.496. The van der Waals surface area contributed by atoms with Crippen LogP contribution in [0.2, 0.25) is 5.02 Å². The molecule has 0 fully saturated rings. The third kappa shape index (κ3) is 4.12. The molecular weight excluding hydrogens is 338 g/mol. The van der Waals surface area contributed by atoms with E-state index in [1.807, 2.05) is 49.4 Å². The zero-order valence-corrected chi connectivity index (χ0v) is 14.8. The summed E-state index contributed by atoms with van der Waals surface area (Å²) in [5.74, 6) is 1.74. The molecule has 0 aliphatic rings. The maximum Gasteiger partial charge on any atom is 0.207 e. The molecule has 2 aromatic carbocycles. The van der Waals surface area contributed by atoms with Crippen molar-refractivity contribution in [2.75, 3.05) is 13.2 Å². The van der Waals surface area contributed by atoms with Crippen LogP contribution in [0.25, 0.3) is 11.0 Å². The molecule has 5 nitrogen and oxygen atoms in total. The molecule has 0 aliphatic heterocycles. The number of ether oxygens (including phenoxy) is 1. The number of aromatic nitrogens is 2. The number of nitrogens with zero attached hydrogens (tertiary/aromatic N) is 2. The maximum atomic E-state index is 10.5. The Balaban J connectivity index is 1.73. The minimum Gasteiger partial charge on any atom is -0.492 e. The third-order valence-electron chi connectivity index (χ3n) is 4.02. The normalized spacial score (nSPS) is 10.8. The molecule has 1 aromatic heterocycles. The third-order valence-corrected chi connectivity index (χ3v) is 4.45. The highest BCUT2D eigenvalue weighted by molar-refractivity contribution is 6.31. The molecule has 3 aromatic rings. The van der Waals surface area contributed by atoms with E-state index >= 15 is 0 Å². The van der Waals surface area contributed by atoms with Gasteiger partial charge in [-0.1, -0.05) is 23.7 Å². The fourth-order valence-electron chi connectivity index (χ4n) is 2.77. The second-order valence-corrected chi connectivity index (χ2v) is 6.16. The van der Waals surface area contributed by atoms with Crippen molar-refractivity contribution in [2.45, 2.75) is 19.9 Å². The van der Waals surface area contributed by atoms with Gasteiger partial charge in [-0.15, -0.1) is 0 Å². The predicted octanol–water partition coefficient (Wildman–Crippen LogP) is 3.37. The number of carbonyl (C=O) groups excluding carboxylic acids is 1. The lowest BCUT2D eigenvalue weighted by Crippen LogP contribution is -2.18. The number of fused-ring (bicyclic) bond motifs is 1. The Hall–Kier alpha value is -2.53. The molecule has 0 bridgehead atoms. The SMILES string of the molecule is Cc1cc(OCCn2c(CCNC=O)nc3ccccc32)ccc1Cl. The van der Waals surface area contributed by atoms with Crippen LogP contribution in [-0.2, 0) is 17.8 Å². The van der Waals surface area contributed by atoms with E-state index in [1.54, 1.807) is 0 Å². The van der Waals surface area contributed by atoms with Crippen molar-refractivity contribution < 1.29 is 9.53 Å². The summed E-state index contributed by atoms with van der Waals surface area (Å²) in [6.07, 6.45) is 1.38. The first-order chi connectivity index (χ1) is 12.2. The van der Waals surface area contributed by atoms with Crippen molar-refractivity contribution in [3.8, 4) is 5.75 Å². The molecule has 0 radical (unpaired) electrons. The first kappa shape index (κ1) is 17.3. The first-order valence-electron chi connectivity index (χ1n) is 8.19. The van der Waals surface area contributed by atoms with Crippen LogP contribution < -0.4 is 10.1 Å². The molecule has 1 amide bonds. The van der Waals surface area contributed by atoms with Crippen molar-refractivity contribution in [2.24, 2.45) is 0 Å². The number of hydrogen-bond donors (Lipinski definition) is 1. The highest BCUT2D eigenvalue weighted by Crippen LogP contribution is 2.21. The van der Waals surface area contributed by atoms with Gasteiger partial charge in [0.15, 0.2) is 0 Å². The lowest BCUT2D eigenvalue weighted by atomic mass is 10.2. The molecule has 0 saturated heterocycles. The van der Waals surface area contributed by atoms with Crippen LogP contribution in [0.5, 0.6) is 5.75 Å². The zero-order chi connectivity index (χ0) is 17.6. The van der Waals surface area contributed by atoms with Gasteiger partial charge in [-0.2, -0.15) is 0 Å². The topological polar surface area (TPSA) is 56.1 Å². The van der Waals surface area contributed by atoms with E-state index in [9.17, 15) is 4.79 Å². The van der Waals surface area contributed by atoms with Gasteiger partial charge in [0, 0.05) is 18.0 Å². The van der Waals surface area contributed by atoms with Gasteiger partial charge in [0.2, 0.25) is 6.41 Å². The van der Waals surface area contributed by atoms with Crippen molar-refractivity contribution in [3.63, 3.8) is 0 Å². The molecule has 1 N–H and O–H groups in total. The number of aryl methyl sites for hydroxylation is 1. The standard InChI is InChI=1S/C19H20ClN3O2/c1-14-12-15(6-7-16(14)20)25-11-10-23-18-5-3-2-4-17(18)22-19(23)8-9-21-13-24/h2-7,12-13H,8-11H2,1H3,(H,21,24). The molecule has 0 saturated carbocycles. The van der Waals surface area contributed by atoms with Crippen LogP contribution in [0.15, 0.2) is 42.5 Å². The number of para-hydroxylation sites is 2. The molecule has 6 heteroatoms. The number of hydrogen-bond acceptors (Lipinski definition) is 3. The number of rotatable bonds is 8. The number of imidazole rings is 1. The molecular formula is C19H20ClN3O2. The Labute approximate surface area is 151 Å². The van der Waals surface area contributed by atoms with Crippen LogP contribution in [0.1, 0.15) is 11.4 Å². The molecule has 1 heterocycles. The van der Waals surface area contributed by atoms with Crippen LogP contribution >= 0.6 is 11.6 Å². The van der Waals surface area contributed by atoms with Gasteiger partial charge in [-0.25, -0.2) is 4.98 Å². The second-order valence-electron chi connectivity index (χ2n) is 5.75. The Morgan fingerprint density at radius 3 is 2.92 bits per heavy atom. The summed E-state index contributed by atoms with van der Waals surface area (Å²) < 4.78 is 8.01. The van der Waals surface area contributed by atoms with Crippen LogP contribution in [0.3, 0.4) is 0 Å². The van der Waals surface area contributed by atoms with Gasteiger partial charge >= 0.3 is 0 Å². The fourth-order valence-corrected chi connectivity index (χ4v) is 2.89. The van der Waals surface area contributed by atoms with Gasteiger partial charge in [-0.3, -0.25) is 4.79 Å². The van der Waals surface area contributed by atoms with Crippen LogP contribution in [-0.4, -0.2) is 29.1 Å². The van der Waals surface area contributed by atoms with Gasteiger partial charge in [-0.05, 0) is 42.8 Å². The average molecular weight is 358 g/mol. The van der Waals surface area contributed by atoms with Crippen LogP contribution in [0, 0.1) is 6.92 Å². The van der Waals surface area contributed by atoms with Gasteiger partial charge < -0.3 is 14.6 Å². The van der Waals surface area contributed by atoms with E-state index in [1.165, 1.54) is 0 Å². The molecule has 25 heavy (non-hydrogen) atoms. The van der Waals surface area contributed by atoms with E-state index in [-0.39, 0.29) is 0 Å². The first-order valence-corrected chi connectivity index (χ1v) is 8.57. The summed E-state index contributed by atoms with van der Waals surface area (Å²) in [5, 5.41) is 3.42. The Kier molecular flexibility index (Phi) is 5.56. The highest BCUT2D eigenvalue weighted by Gasteiger charge is 2.10. The monoisotopic (exact) mass is 357 g/mol.